The number of rotatable bonds is 4. The lowest BCUT2D eigenvalue weighted by Gasteiger charge is -2.32. The van der Waals surface area contributed by atoms with Gasteiger partial charge in [0.25, 0.3) is 5.56 Å². The van der Waals surface area contributed by atoms with Crippen molar-refractivity contribution in [3.05, 3.63) is 40.2 Å². The molecule has 2 heterocycles. The number of anilines is 1. The van der Waals surface area contributed by atoms with Crippen LogP contribution in [0.5, 0.6) is 0 Å². The number of aldehydes is 1. The first-order chi connectivity index (χ1) is 10.8. The van der Waals surface area contributed by atoms with E-state index in [9.17, 15) is 9.59 Å². The van der Waals surface area contributed by atoms with Crippen molar-refractivity contribution in [1.29, 1.82) is 0 Å². The van der Waals surface area contributed by atoms with E-state index >= 15 is 0 Å². The third kappa shape index (κ3) is 2.41. The highest BCUT2D eigenvalue weighted by molar-refractivity contribution is 6.02. The van der Waals surface area contributed by atoms with Crippen LogP contribution in [0.25, 0.3) is 10.8 Å². The summed E-state index contributed by atoms with van der Waals surface area (Å²) in [6.45, 7) is 5.27. The van der Waals surface area contributed by atoms with Crippen LogP contribution in [0.15, 0.2) is 29.1 Å². The number of hydrogen-bond donors (Lipinski definition) is 0. The quantitative estimate of drug-likeness (QED) is 0.811. The minimum Gasteiger partial charge on any atom is -0.378 e. The van der Waals surface area contributed by atoms with E-state index < -0.39 is 0 Å². The van der Waals surface area contributed by atoms with Gasteiger partial charge < -0.3 is 9.64 Å². The Morgan fingerprint density at radius 3 is 2.50 bits per heavy atom. The fraction of sp³-hybridized carbons (Fsp3) is 0.412. The molecule has 1 fully saturated rings. The number of nitrogens with zero attached hydrogens (tertiary/aromatic N) is 2. The zero-order valence-corrected chi connectivity index (χ0v) is 12.7. The summed E-state index contributed by atoms with van der Waals surface area (Å²) >= 11 is 0. The zero-order valence-electron chi connectivity index (χ0n) is 12.7. The number of morpholine rings is 1. The van der Waals surface area contributed by atoms with Gasteiger partial charge in [0.05, 0.1) is 18.8 Å². The van der Waals surface area contributed by atoms with Gasteiger partial charge in [0.15, 0.2) is 6.29 Å². The summed E-state index contributed by atoms with van der Waals surface area (Å²) in [5, 5.41) is 1.34. The Balaban J connectivity index is 2.32. The van der Waals surface area contributed by atoms with Crippen LogP contribution >= 0.6 is 0 Å². The van der Waals surface area contributed by atoms with E-state index in [-0.39, 0.29) is 5.56 Å². The van der Waals surface area contributed by atoms with Gasteiger partial charge in [-0.15, -0.1) is 0 Å². The van der Waals surface area contributed by atoms with Crippen molar-refractivity contribution in [2.24, 2.45) is 0 Å². The largest absolute Gasteiger partial charge is 0.378 e. The summed E-state index contributed by atoms with van der Waals surface area (Å²) in [7, 11) is 0. The second kappa shape index (κ2) is 6.32. The summed E-state index contributed by atoms with van der Waals surface area (Å²) in [5.41, 5.74) is 0.579. The number of pyridine rings is 1. The minimum absolute atomic E-state index is 0.0236. The minimum atomic E-state index is -0.0236. The van der Waals surface area contributed by atoms with Gasteiger partial charge in [-0.2, -0.15) is 0 Å². The fourth-order valence-electron chi connectivity index (χ4n) is 3.08. The molecule has 3 rings (SSSR count). The first-order valence-corrected chi connectivity index (χ1v) is 7.71. The number of aromatic nitrogens is 1. The molecule has 1 saturated heterocycles. The molecule has 5 heteroatoms. The van der Waals surface area contributed by atoms with Crippen molar-refractivity contribution >= 4 is 22.9 Å². The standard InChI is InChI=1S/C17H20N2O3/c1-2-7-19-16(18-8-10-22-11-9-18)15(12-20)13-5-3-4-6-14(13)17(19)21/h3-6,12H,2,7-11H2,1H3. The summed E-state index contributed by atoms with van der Waals surface area (Å²) in [6, 6.07) is 7.34. The molecule has 2 aromatic rings. The molecule has 0 amide bonds. The van der Waals surface area contributed by atoms with Gasteiger partial charge in [-0.3, -0.25) is 14.2 Å². The van der Waals surface area contributed by atoms with Gasteiger partial charge in [-0.25, -0.2) is 0 Å². The Hall–Kier alpha value is -2.14. The molecule has 0 radical (unpaired) electrons. The molecule has 0 saturated carbocycles. The maximum atomic E-state index is 12.8. The lowest BCUT2D eigenvalue weighted by molar-refractivity contribution is 0.111. The predicted molar refractivity (Wildman–Crippen MR) is 86.9 cm³/mol. The maximum absolute atomic E-state index is 12.8. The first-order valence-electron chi connectivity index (χ1n) is 7.71. The van der Waals surface area contributed by atoms with E-state index in [0.717, 1.165) is 23.9 Å². The molecular formula is C17H20N2O3. The molecule has 116 valence electrons. The summed E-state index contributed by atoms with van der Waals surface area (Å²) in [4.78, 5) is 26.7. The third-order valence-electron chi connectivity index (χ3n) is 4.07. The molecule has 1 aliphatic rings. The highest BCUT2D eigenvalue weighted by atomic mass is 16.5. The molecule has 22 heavy (non-hydrogen) atoms. The van der Waals surface area contributed by atoms with Crippen LogP contribution in [-0.4, -0.2) is 37.2 Å². The Morgan fingerprint density at radius 2 is 1.86 bits per heavy atom. The molecule has 0 N–H and O–H groups in total. The van der Waals surface area contributed by atoms with Crippen LogP contribution in [0.4, 0.5) is 5.82 Å². The highest BCUT2D eigenvalue weighted by Crippen LogP contribution is 2.26. The molecule has 0 spiro atoms. The SMILES string of the molecule is CCCn1c(N2CCOCC2)c(C=O)c2ccccc2c1=O. The van der Waals surface area contributed by atoms with E-state index in [0.29, 0.717) is 43.8 Å². The lowest BCUT2D eigenvalue weighted by atomic mass is 10.1. The van der Waals surface area contributed by atoms with Gasteiger partial charge in [0.1, 0.15) is 5.82 Å². The number of carbonyl (C=O) groups excluding carboxylic acids is 1. The Labute approximate surface area is 129 Å². The van der Waals surface area contributed by atoms with Crippen molar-refractivity contribution in [2.45, 2.75) is 19.9 Å². The van der Waals surface area contributed by atoms with E-state index in [1.807, 2.05) is 25.1 Å². The van der Waals surface area contributed by atoms with Crippen LogP contribution < -0.4 is 10.5 Å². The molecule has 1 aromatic carbocycles. The maximum Gasteiger partial charge on any atom is 0.260 e. The monoisotopic (exact) mass is 300 g/mol. The molecule has 1 aliphatic heterocycles. The summed E-state index contributed by atoms with van der Waals surface area (Å²) in [6.07, 6.45) is 1.71. The van der Waals surface area contributed by atoms with Gasteiger partial charge >= 0.3 is 0 Å². The van der Waals surface area contributed by atoms with E-state index in [2.05, 4.69) is 4.90 Å². The molecule has 1 aromatic heterocycles. The molecule has 0 unspecified atom stereocenters. The average molecular weight is 300 g/mol. The average Bonchev–Trinajstić information content (AvgIpc) is 2.58. The number of benzene rings is 1. The number of fused-ring (bicyclic) bond motifs is 1. The number of ether oxygens (including phenoxy) is 1. The Bertz CT molecular complexity index is 745. The van der Waals surface area contributed by atoms with Crippen LogP contribution in [0.2, 0.25) is 0 Å². The second-order valence-electron chi connectivity index (χ2n) is 5.46. The lowest BCUT2D eigenvalue weighted by Crippen LogP contribution is -2.41. The van der Waals surface area contributed by atoms with Crippen LogP contribution in [0.3, 0.4) is 0 Å². The predicted octanol–water partition coefficient (Wildman–Crippen LogP) is 2.06. The first kappa shape index (κ1) is 14.8. The zero-order chi connectivity index (χ0) is 15.5. The Morgan fingerprint density at radius 1 is 1.18 bits per heavy atom. The molecule has 0 atom stereocenters. The van der Waals surface area contributed by atoms with Crippen LogP contribution in [0, 0.1) is 0 Å². The smallest absolute Gasteiger partial charge is 0.260 e. The van der Waals surface area contributed by atoms with Crippen molar-refractivity contribution in [2.75, 3.05) is 31.2 Å². The van der Waals surface area contributed by atoms with E-state index in [1.54, 1.807) is 10.6 Å². The van der Waals surface area contributed by atoms with Crippen LogP contribution in [0.1, 0.15) is 23.7 Å². The Kier molecular flexibility index (Phi) is 4.24. The second-order valence-corrected chi connectivity index (χ2v) is 5.46. The highest BCUT2D eigenvalue weighted by Gasteiger charge is 2.22. The molecular weight excluding hydrogens is 280 g/mol. The van der Waals surface area contributed by atoms with Crippen molar-refractivity contribution in [1.82, 2.24) is 4.57 Å². The van der Waals surface area contributed by atoms with Crippen molar-refractivity contribution in [3.63, 3.8) is 0 Å². The van der Waals surface area contributed by atoms with Crippen molar-refractivity contribution < 1.29 is 9.53 Å². The molecule has 5 nitrogen and oxygen atoms in total. The normalized spacial score (nSPS) is 15.2. The topological polar surface area (TPSA) is 51.5 Å². The number of hydrogen-bond acceptors (Lipinski definition) is 4. The van der Waals surface area contributed by atoms with Gasteiger partial charge in [0.2, 0.25) is 0 Å². The van der Waals surface area contributed by atoms with Gasteiger partial charge in [-0.05, 0) is 12.5 Å². The van der Waals surface area contributed by atoms with Gasteiger partial charge in [0, 0.05) is 30.4 Å². The van der Waals surface area contributed by atoms with E-state index in [4.69, 9.17) is 4.74 Å². The van der Waals surface area contributed by atoms with Crippen molar-refractivity contribution in [3.8, 4) is 0 Å². The number of carbonyl (C=O) groups is 1. The summed E-state index contributed by atoms with van der Waals surface area (Å²) < 4.78 is 7.14. The van der Waals surface area contributed by atoms with E-state index in [1.165, 1.54) is 0 Å². The fourth-order valence-corrected chi connectivity index (χ4v) is 3.08. The van der Waals surface area contributed by atoms with Crippen LogP contribution in [-0.2, 0) is 11.3 Å². The third-order valence-corrected chi connectivity index (χ3v) is 4.07. The van der Waals surface area contributed by atoms with Gasteiger partial charge in [-0.1, -0.05) is 25.1 Å². The summed E-state index contributed by atoms with van der Waals surface area (Å²) in [5.74, 6) is 0.740. The molecule has 0 bridgehead atoms. The molecule has 0 aliphatic carbocycles.